The minimum absolute atomic E-state index is 0.114. The number of sulfonamides is 1. The molecular weight excluding hydrogens is 402 g/mol. The van der Waals surface area contributed by atoms with Gasteiger partial charge in [-0.15, -0.1) is 0 Å². The Balaban J connectivity index is 1.75. The topological polar surface area (TPSA) is 94.3 Å². The van der Waals surface area contributed by atoms with Crippen LogP contribution in [0.2, 0.25) is 5.02 Å². The summed E-state index contributed by atoms with van der Waals surface area (Å²) in [6.45, 7) is 3.82. The zero-order valence-corrected chi connectivity index (χ0v) is 17.2. The molecule has 0 bridgehead atoms. The summed E-state index contributed by atoms with van der Waals surface area (Å²) in [5, 5.41) is 4.47. The maximum absolute atomic E-state index is 12.6. The molecule has 0 saturated heterocycles. The van der Waals surface area contributed by atoms with Gasteiger partial charge in [-0.3, -0.25) is 0 Å². The number of rotatable bonds is 7. The number of hydrogen-bond donors (Lipinski definition) is 1. The normalized spacial score (nSPS) is 11.8. The molecule has 9 heteroatoms. The second-order valence-corrected chi connectivity index (χ2v) is 8.61. The number of nitrogens with one attached hydrogen (secondary N) is 1. The van der Waals surface area contributed by atoms with Crippen LogP contribution in [0, 0.1) is 0 Å². The summed E-state index contributed by atoms with van der Waals surface area (Å²) in [4.78, 5) is 4.36. The number of aromatic nitrogens is 2. The number of hydrogen-bond acceptors (Lipinski definition) is 6. The molecule has 0 aliphatic rings. The smallest absolute Gasteiger partial charge is 0.242 e. The van der Waals surface area contributed by atoms with E-state index >= 15 is 0 Å². The van der Waals surface area contributed by atoms with Crippen molar-refractivity contribution in [1.82, 2.24) is 14.9 Å². The molecule has 0 unspecified atom stereocenters. The summed E-state index contributed by atoms with van der Waals surface area (Å²) >= 11 is 5.86. The molecule has 0 aliphatic heterocycles. The lowest BCUT2D eigenvalue weighted by Crippen LogP contribution is -2.23. The Morgan fingerprint density at radius 2 is 1.89 bits per heavy atom. The zero-order valence-electron chi connectivity index (χ0n) is 15.6. The minimum atomic E-state index is -3.75. The third-order valence-corrected chi connectivity index (χ3v) is 5.77. The summed E-state index contributed by atoms with van der Waals surface area (Å²) in [7, 11) is -2.19. The first-order valence-electron chi connectivity index (χ1n) is 8.56. The highest BCUT2D eigenvalue weighted by atomic mass is 35.5. The molecule has 3 aromatic rings. The molecular formula is C19H20ClN3O4S. The second kappa shape index (κ2) is 8.30. The van der Waals surface area contributed by atoms with Gasteiger partial charge in [-0.2, -0.15) is 4.98 Å². The summed E-state index contributed by atoms with van der Waals surface area (Å²) in [6.07, 6.45) is 0. The van der Waals surface area contributed by atoms with Gasteiger partial charge in [-0.25, -0.2) is 13.1 Å². The summed E-state index contributed by atoms with van der Waals surface area (Å²) < 4.78 is 38.2. The Kier molecular flexibility index (Phi) is 6.02. The second-order valence-electron chi connectivity index (χ2n) is 6.40. The number of methoxy groups -OCH3 is 1. The number of nitrogens with zero attached hydrogens (tertiary/aromatic N) is 2. The SMILES string of the molecule is COc1ccc(S(=O)(=O)NCc2nc(-c3ccc(Cl)cc3)no2)cc1C(C)C. The highest BCUT2D eigenvalue weighted by molar-refractivity contribution is 7.89. The average Bonchev–Trinajstić information content (AvgIpc) is 3.15. The third-order valence-electron chi connectivity index (χ3n) is 4.12. The Bertz CT molecular complexity index is 1060. The van der Waals surface area contributed by atoms with E-state index in [2.05, 4.69) is 14.9 Å². The first-order valence-corrected chi connectivity index (χ1v) is 10.4. The molecule has 0 aliphatic carbocycles. The van der Waals surface area contributed by atoms with Gasteiger partial charge >= 0.3 is 0 Å². The number of ether oxygens (including phenoxy) is 1. The lowest BCUT2D eigenvalue weighted by atomic mass is 10.0. The van der Waals surface area contributed by atoms with Gasteiger partial charge in [0.25, 0.3) is 0 Å². The van der Waals surface area contributed by atoms with Gasteiger partial charge < -0.3 is 9.26 Å². The van der Waals surface area contributed by atoms with E-state index < -0.39 is 10.0 Å². The largest absolute Gasteiger partial charge is 0.496 e. The molecule has 1 N–H and O–H groups in total. The molecule has 1 aromatic heterocycles. The van der Waals surface area contributed by atoms with Gasteiger partial charge in [-0.1, -0.05) is 30.6 Å². The standard InChI is InChI=1S/C19H20ClN3O4S/c1-12(2)16-10-15(8-9-17(16)26-3)28(24,25)21-11-18-22-19(23-27-18)13-4-6-14(20)7-5-13/h4-10,12,21H,11H2,1-3H3. The molecule has 0 saturated carbocycles. The van der Waals surface area contributed by atoms with Crippen LogP contribution in [-0.2, 0) is 16.6 Å². The zero-order chi connectivity index (χ0) is 20.3. The average molecular weight is 422 g/mol. The summed E-state index contributed by atoms with van der Waals surface area (Å²) in [5.41, 5.74) is 1.53. The highest BCUT2D eigenvalue weighted by Gasteiger charge is 2.19. The lowest BCUT2D eigenvalue weighted by molar-refractivity contribution is 0.376. The van der Waals surface area contributed by atoms with Crippen molar-refractivity contribution in [2.45, 2.75) is 31.2 Å². The van der Waals surface area contributed by atoms with Crippen molar-refractivity contribution in [3.8, 4) is 17.1 Å². The van der Waals surface area contributed by atoms with Gasteiger partial charge in [0.05, 0.1) is 18.6 Å². The third kappa shape index (κ3) is 4.52. The Morgan fingerprint density at radius 3 is 2.54 bits per heavy atom. The van der Waals surface area contributed by atoms with Crippen LogP contribution in [-0.4, -0.2) is 25.7 Å². The highest BCUT2D eigenvalue weighted by Crippen LogP contribution is 2.29. The van der Waals surface area contributed by atoms with Crippen molar-refractivity contribution in [3.63, 3.8) is 0 Å². The van der Waals surface area contributed by atoms with Gasteiger partial charge in [0.1, 0.15) is 5.75 Å². The van der Waals surface area contributed by atoms with Crippen molar-refractivity contribution in [2.75, 3.05) is 7.11 Å². The van der Waals surface area contributed by atoms with Crippen LogP contribution in [0.3, 0.4) is 0 Å². The number of halogens is 1. The summed E-state index contributed by atoms with van der Waals surface area (Å²) in [6, 6.07) is 11.7. The van der Waals surface area contributed by atoms with E-state index in [-0.39, 0.29) is 23.2 Å². The van der Waals surface area contributed by atoms with E-state index in [1.807, 2.05) is 13.8 Å². The molecule has 1 heterocycles. The van der Waals surface area contributed by atoms with Gasteiger partial charge in [0.15, 0.2) is 0 Å². The fraction of sp³-hybridized carbons (Fsp3) is 0.263. The van der Waals surface area contributed by atoms with E-state index in [0.29, 0.717) is 16.6 Å². The van der Waals surface area contributed by atoms with Crippen molar-refractivity contribution in [2.24, 2.45) is 0 Å². The van der Waals surface area contributed by atoms with Crippen molar-refractivity contribution in [1.29, 1.82) is 0 Å². The van der Waals surface area contributed by atoms with Crippen LogP contribution in [0.5, 0.6) is 5.75 Å². The first kappa shape index (κ1) is 20.3. The Hall–Kier alpha value is -2.42. The molecule has 148 valence electrons. The monoisotopic (exact) mass is 421 g/mol. The predicted octanol–water partition coefficient (Wildman–Crippen LogP) is 4.00. The van der Waals surface area contributed by atoms with Crippen LogP contribution < -0.4 is 9.46 Å². The van der Waals surface area contributed by atoms with E-state index in [1.54, 1.807) is 43.5 Å². The fourth-order valence-corrected chi connectivity index (χ4v) is 3.75. The van der Waals surface area contributed by atoms with E-state index in [4.69, 9.17) is 20.9 Å². The Labute approximate surface area is 168 Å². The van der Waals surface area contributed by atoms with E-state index in [0.717, 1.165) is 11.1 Å². The molecule has 0 fully saturated rings. The Morgan fingerprint density at radius 1 is 1.18 bits per heavy atom. The quantitative estimate of drug-likeness (QED) is 0.619. The van der Waals surface area contributed by atoms with Crippen LogP contribution in [0.15, 0.2) is 51.9 Å². The maximum Gasteiger partial charge on any atom is 0.242 e. The maximum atomic E-state index is 12.6. The van der Waals surface area contributed by atoms with Gasteiger partial charge in [0, 0.05) is 10.6 Å². The molecule has 3 rings (SSSR count). The molecule has 0 spiro atoms. The van der Waals surface area contributed by atoms with E-state index in [9.17, 15) is 8.42 Å². The van der Waals surface area contributed by atoms with Crippen LogP contribution in [0.1, 0.15) is 31.2 Å². The van der Waals surface area contributed by atoms with Crippen LogP contribution in [0.4, 0.5) is 0 Å². The lowest BCUT2D eigenvalue weighted by Gasteiger charge is -2.13. The molecule has 2 aromatic carbocycles. The van der Waals surface area contributed by atoms with Crippen LogP contribution in [0.25, 0.3) is 11.4 Å². The van der Waals surface area contributed by atoms with E-state index in [1.165, 1.54) is 6.07 Å². The summed E-state index contributed by atoms with van der Waals surface area (Å²) in [5.74, 6) is 1.28. The van der Waals surface area contributed by atoms with Gasteiger partial charge in [0.2, 0.25) is 21.7 Å². The van der Waals surface area contributed by atoms with Gasteiger partial charge in [-0.05, 0) is 53.9 Å². The minimum Gasteiger partial charge on any atom is -0.496 e. The number of benzene rings is 2. The first-order chi connectivity index (χ1) is 13.3. The molecule has 0 amide bonds. The molecule has 7 nitrogen and oxygen atoms in total. The molecule has 0 atom stereocenters. The molecule has 28 heavy (non-hydrogen) atoms. The van der Waals surface area contributed by atoms with Crippen LogP contribution >= 0.6 is 11.6 Å². The van der Waals surface area contributed by atoms with Crippen molar-refractivity contribution in [3.05, 3.63) is 58.9 Å². The van der Waals surface area contributed by atoms with Crippen molar-refractivity contribution < 1.29 is 17.7 Å². The fourth-order valence-electron chi connectivity index (χ4n) is 2.61. The molecule has 0 radical (unpaired) electrons. The van der Waals surface area contributed by atoms with Crippen molar-refractivity contribution >= 4 is 21.6 Å². The predicted molar refractivity (Wildman–Crippen MR) is 106 cm³/mol.